The number of rotatable bonds is 10. The molecule has 30 heavy (non-hydrogen) atoms. The second kappa shape index (κ2) is 11.0. The fraction of sp³-hybridized carbons (Fsp3) is 0.476. The number of aryl methyl sites for hydroxylation is 1. The van der Waals surface area contributed by atoms with Crippen LogP contribution in [0.4, 0.5) is 5.95 Å². The molecule has 3 aromatic rings. The Kier molecular flexibility index (Phi) is 8.68. The Morgan fingerprint density at radius 2 is 1.67 bits per heavy atom. The molecule has 1 aromatic carbocycles. The molecule has 0 amide bonds. The number of nitrogens with one attached hydrogen (secondary N) is 2. The lowest BCUT2D eigenvalue weighted by atomic mass is 10.2. The average molecular weight is 435 g/mol. The van der Waals surface area contributed by atoms with E-state index in [0.29, 0.717) is 23.7 Å². The number of benzene rings is 1. The van der Waals surface area contributed by atoms with Gasteiger partial charge in [-0.15, -0.1) is 12.4 Å². The van der Waals surface area contributed by atoms with E-state index in [1.54, 1.807) is 7.05 Å². The summed E-state index contributed by atoms with van der Waals surface area (Å²) in [6, 6.07) is 9.93. The van der Waals surface area contributed by atoms with Crippen molar-refractivity contribution in [3.05, 3.63) is 56.7 Å². The molecular formula is C21H31ClN6O2. The Morgan fingerprint density at radius 1 is 0.967 bits per heavy atom. The zero-order valence-electron chi connectivity index (χ0n) is 17.9. The van der Waals surface area contributed by atoms with E-state index in [9.17, 15) is 9.59 Å². The zero-order valence-corrected chi connectivity index (χ0v) is 18.7. The summed E-state index contributed by atoms with van der Waals surface area (Å²) in [5.74, 6) is 0.607. The van der Waals surface area contributed by atoms with Gasteiger partial charge in [0.2, 0.25) is 5.95 Å². The van der Waals surface area contributed by atoms with Crippen LogP contribution in [0.5, 0.6) is 0 Å². The Hall–Kier alpha value is -2.58. The van der Waals surface area contributed by atoms with Crippen molar-refractivity contribution >= 4 is 29.5 Å². The number of anilines is 1. The number of unbranched alkanes of at least 4 members (excludes halogenated alkanes) is 1. The van der Waals surface area contributed by atoms with Crippen molar-refractivity contribution in [1.29, 1.82) is 0 Å². The molecule has 0 fully saturated rings. The highest BCUT2D eigenvalue weighted by Gasteiger charge is 2.19. The second-order valence-corrected chi connectivity index (χ2v) is 7.27. The minimum absolute atomic E-state index is 0. The van der Waals surface area contributed by atoms with Gasteiger partial charge >= 0.3 is 5.69 Å². The quantitative estimate of drug-likeness (QED) is 0.477. The van der Waals surface area contributed by atoms with E-state index < -0.39 is 0 Å². The van der Waals surface area contributed by atoms with Gasteiger partial charge in [0, 0.05) is 20.6 Å². The third-order valence-electron chi connectivity index (χ3n) is 5.05. The first-order chi connectivity index (χ1) is 14.0. The van der Waals surface area contributed by atoms with Gasteiger partial charge in [0.25, 0.3) is 5.56 Å². The van der Waals surface area contributed by atoms with Crippen LogP contribution in [0, 0.1) is 0 Å². The van der Waals surface area contributed by atoms with Crippen LogP contribution in [0.3, 0.4) is 0 Å². The summed E-state index contributed by atoms with van der Waals surface area (Å²) in [6.07, 6.45) is 3.30. The minimum Gasteiger partial charge on any atom is -0.356 e. The average Bonchev–Trinajstić information content (AvgIpc) is 3.09. The van der Waals surface area contributed by atoms with Crippen LogP contribution in [-0.4, -0.2) is 38.3 Å². The maximum atomic E-state index is 12.9. The summed E-state index contributed by atoms with van der Waals surface area (Å²) in [7, 11) is 3.14. The molecule has 0 bridgehead atoms. The third-order valence-corrected chi connectivity index (χ3v) is 5.05. The number of aromatic nitrogens is 4. The van der Waals surface area contributed by atoms with E-state index in [1.807, 2.05) is 34.9 Å². The van der Waals surface area contributed by atoms with Gasteiger partial charge in [-0.3, -0.25) is 18.5 Å². The predicted octanol–water partition coefficient (Wildman–Crippen LogP) is 2.10. The van der Waals surface area contributed by atoms with Crippen molar-refractivity contribution in [2.45, 2.75) is 32.7 Å². The summed E-state index contributed by atoms with van der Waals surface area (Å²) in [4.78, 5) is 29.8. The largest absolute Gasteiger partial charge is 0.356 e. The number of fused-ring (bicyclic) bond motifs is 1. The number of hydrogen-bond acceptors (Lipinski definition) is 5. The van der Waals surface area contributed by atoms with E-state index in [4.69, 9.17) is 0 Å². The van der Waals surface area contributed by atoms with E-state index in [-0.39, 0.29) is 23.7 Å². The van der Waals surface area contributed by atoms with Gasteiger partial charge in [0.05, 0.1) is 6.54 Å². The first-order valence-electron chi connectivity index (χ1n) is 10.2. The van der Waals surface area contributed by atoms with Crippen LogP contribution in [0.15, 0.2) is 39.9 Å². The standard InChI is InChI=1S/C21H30N6O2.ClH/c1-4-5-12-22-13-9-14-23-20-24-18-17(19(28)26(3)21(29)25(18)2)27(20)15-16-10-7-6-8-11-16;/h6-8,10-11,22H,4-5,9,12-15H2,1-3H3,(H,23,24);1H. The topological polar surface area (TPSA) is 85.9 Å². The highest BCUT2D eigenvalue weighted by Crippen LogP contribution is 2.17. The molecule has 0 saturated heterocycles. The van der Waals surface area contributed by atoms with Gasteiger partial charge < -0.3 is 10.6 Å². The van der Waals surface area contributed by atoms with Crippen LogP contribution >= 0.6 is 12.4 Å². The van der Waals surface area contributed by atoms with Gasteiger partial charge in [0.1, 0.15) is 0 Å². The summed E-state index contributed by atoms with van der Waals surface area (Å²) < 4.78 is 4.43. The van der Waals surface area contributed by atoms with Crippen molar-refractivity contribution in [2.75, 3.05) is 25.0 Å². The molecule has 2 N–H and O–H groups in total. The van der Waals surface area contributed by atoms with Crippen molar-refractivity contribution < 1.29 is 0 Å². The Labute approximate surface area is 182 Å². The van der Waals surface area contributed by atoms with Crippen LogP contribution in [0.25, 0.3) is 11.2 Å². The number of halogens is 1. The SMILES string of the molecule is CCCCNCCCNc1nc2c(c(=O)n(C)c(=O)n2C)n1Cc1ccccc1.Cl. The third kappa shape index (κ3) is 5.12. The smallest absolute Gasteiger partial charge is 0.332 e. The molecule has 164 valence electrons. The molecule has 9 heteroatoms. The minimum atomic E-state index is -0.376. The lowest BCUT2D eigenvalue weighted by Crippen LogP contribution is -2.37. The summed E-state index contributed by atoms with van der Waals surface area (Å²) >= 11 is 0. The van der Waals surface area contributed by atoms with Gasteiger partial charge in [0.15, 0.2) is 11.2 Å². The molecule has 0 aliphatic carbocycles. The first kappa shape index (κ1) is 23.7. The lowest BCUT2D eigenvalue weighted by Gasteiger charge is -2.11. The van der Waals surface area contributed by atoms with E-state index >= 15 is 0 Å². The highest BCUT2D eigenvalue weighted by atomic mass is 35.5. The number of hydrogen-bond donors (Lipinski definition) is 2. The van der Waals surface area contributed by atoms with Crippen molar-refractivity contribution in [1.82, 2.24) is 24.0 Å². The maximum absolute atomic E-state index is 12.9. The summed E-state index contributed by atoms with van der Waals surface area (Å²) in [5, 5.41) is 6.78. The number of nitrogens with zero attached hydrogens (tertiary/aromatic N) is 4. The molecule has 0 atom stereocenters. The van der Waals surface area contributed by atoms with E-state index in [1.165, 1.54) is 24.5 Å². The Morgan fingerprint density at radius 3 is 2.37 bits per heavy atom. The van der Waals surface area contributed by atoms with Crippen molar-refractivity contribution in [3.8, 4) is 0 Å². The molecule has 3 rings (SSSR count). The highest BCUT2D eigenvalue weighted by molar-refractivity contribution is 5.85. The van der Waals surface area contributed by atoms with Crippen LogP contribution in [0.2, 0.25) is 0 Å². The molecule has 0 unspecified atom stereocenters. The fourth-order valence-corrected chi connectivity index (χ4v) is 3.34. The molecule has 0 saturated carbocycles. The van der Waals surface area contributed by atoms with Gasteiger partial charge in [-0.25, -0.2) is 4.79 Å². The monoisotopic (exact) mass is 434 g/mol. The Bertz CT molecular complexity index is 1070. The molecule has 2 aromatic heterocycles. The summed E-state index contributed by atoms with van der Waals surface area (Å²) in [6.45, 7) is 5.36. The Balaban J connectivity index is 0.00000320. The van der Waals surface area contributed by atoms with Gasteiger partial charge in [-0.1, -0.05) is 43.7 Å². The molecule has 0 spiro atoms. The van der Waals surface area contributed by atoms with Crippen LogP contribution in [-0.2, 0) is 20.6 Å². The lowest BCUT2D eigenvalue weighted by molar-refractivity contribution is 0.624. The first-order valence-corrected chi connectivity index (χ1v) is 10.2. The molecule has 0 aliphatic heterocycles. The van der Waals surface area contributed by atoms with E-state index in [2.05, 4.69) is 22.5 Å². The molecule has 0 aliphatic rings. The normalized spacial score (nSPS) is 10.9. The fourth-order valence-electron chi connectivity index (χ4n) is 3.34. The number of imidazole rings is 1. The van der Waals surface area contributed by atoms with Gasteiger partial charge in [-0.05, 0) is 31.5 Å². The molecular weight excluding hydrogens is 404 g/mol. The van der Waals surface area contributed by atoms with Crippen LogP contribution < -0.4 is 21.9 Å². The van der Waals surface area contributed by atoms with Gasteiger partial charge in [-0.2, -0.15) is 4.98 Å². The van der Waals surface area contributed by atoms with E-state index in [0.717, 1.165) is 36.2 Å². The molecule has 0 radical (unpaired) electrons. The zero-order chi connectivity index (χ0) is 20.8. The summed E-state index contributed by atoms with van der Waals surface area (Å²) in [5.41, 5.74) is 1.19. The van der Waals surface area contributed by atoms with Crippen LogP contribution in [0.1, 0.15) is 31.7 Å². The maximum Gasteiger partial charge on any atom is 0.332 e. The van der Waals surface area contributed by atoms with Crippen molar-refractivity contribution in [3.63, 3.8) is 0 Å². The van der Waals surface area contributed by atoms with Crippen molar-refractivity contribution in [2.24, 2.45) is 14.1 Å². The predicted molar refractivity (Wildman–Crippen MR) is 124 cm³/mol. The molecule has 2 heterocycles. The second-order valence-electron chi connectivity index (χ2n) is 7.27. The molecule has 8 nitrogen and oxygen atoms in total.